The summed E-state index contributed by atoms with van der Waals surface area (Å²) in [6, 6.07) is 0. The van der Waals surface area contributed by atoms with E-state index in [1.54, 1.807) is 6.92 Å². The molecule has 20 heavy (non-hydrogen) atoms. The third-order valence-corrected chi connectivity index (χ3v) is 5.19. The van der Waals surface area contributed by atoms with Crippen LogP contribution in [-0.2, 0) is 4.79 Å². The van der Waals surface area contributed by atoms with Crippen LogP contribution in [0.4, 0.5) is 5.69 Å². The van der Waals surface area contributed by atoms with Gasteiger partial charge in [0.15, 0.2) is 0 Å². The van der Waals surface area contributed by atoms with Crippen LogP contribution in [0.15, 0.2) is 0 Å². The summed E-state index contributed by atoms with van der Waals surface area (Å²) in [5.74, 6) is -0.721. The van der Waals surface area contributed by atoms with Gasteiger partial charge in [-0.25, -0.2) is 0 Å². The Morgan fingerprint density at radius 1 is 1.05 bits per heavy atom. The molecule has 9 heteroatoms. The lowest BCUT2D eigenvalue weighted by Gasteiger charge is -2.17. The van der Waals surface area contributed by atoms with Crippen molar-refractivity contribution in [3.8, 4) is 0 Å². The molecule has 0 atom stereocenters. The number of benzene rings is 1. The van der Waals surface area contributed by atoms with Crippen LogP contribution >= 0.6 is 80.0 Å². The summed E-state index contributed by atoms with van der Waals surface area (Å²) in [6.07, 6.45) is 0. The molecule has 1 aromatic rings. The second-order valence-electron chi connectivity index (χ2n) is 3.61. The monoisotopic (exact) mass is 559 g/mol. The van der Waals surface area contributed by atoms with Crippen LogP contribution in [0.5, 0.6) is 0 Å². The van der Waals surface area contributed by atoms with E-state index in [0.29, 0.717) is 18.4 Å². The van der Waals surface area contributed by atoms with Gasteiger partial charge in [0.25, 0.3) is 10.5 Å². The highest BCUT2D eigenvalue weighted by Crippen LogP contribution is 2.36. The predicted octanol–water partition coefficient (Wildman–Crippen LogP) is 4.14. The maximum Gasteiger partial charge on any atom is 0.253 e. The molecular weight excluding hydrogens is 554 g/mol. The zero-order valence-electron chi connectivity index (χ0n) is 9.82. The fourth-order valence-corrected chi connectivity index (χ4v) is 5.03. The summed E-state index contributed by atoms with van der Waals surface area (Å²) in [7, 11) is 0. The molecule has 0 aromatic heterocycles. The lowest BCUT2D eigenvalue weighted by molar-refractivity contribution is -0.113. The molecule has 0 spiro atoms. The zero-order valence-corrected chi connectivity index (χ0v) is 16.4. The Labute approximate surface area is 157 Å². The normalized spacial score (nSPS) is 10.3. The summed E-state index contributed by atoms with van der Waals surface area (Å²) in [4.78, 5) is 34.5. The number of halogens is 5. The van der Waals surface area contributed by atoms with Gasteiger partial charge >= 0.3 is 0 Å². The molecule has 0 aliphatic carbocycles. The van der Waals surface area contributed by atoms with Gasteiger partial charge < -0.3 is 5.32 Å². The van der Waals surface area contributed by atoms with Gasteiger partial charge in [0.1, 0.15) is 5.88 Å². The first-order chi connectivity index (χ1) is 9.22. The van der Waals surface area contributed by atoms with E-state index >= 15 is 0 Å². The number of nitrogens with one attached hydrogen (secondary N) is 1. The zero-order chi connectivity index (χ0) is 15.6. The Hall–Kier alpha value is 0.360. The van der Waals surface area contributed by atoms with Gasteiger partial charge in [-0.05, 0) is 80.9 Å². The van der Waals surface area contributed by atoms with Gasteiger partial charge in [0.2, 0.25) is 5.91 Å². The second-order valence-corrected chi connectivity index (χ2v) is 6.72. The minimum atomic E-state index is -0.733. The van der Waals surface area contributed by atoms with E-state index in [-0.39, 0.29) is 17.0 Å². The molecule has 0 heterocycles. The van der Waals surface area contributed by atoms with Gasteiger partial charge in [0, 0.05) is 0 Å². The van der Waals surface area contributed by atoms with E-state index in [4.69, 9.17) is 34.8 Å². The number of alkyl halides is 1. The van der Waals surface area contributed by atoms with Crippen molar-refractivity contribution in [2.75, 3.05) is 11.2 Å². The highest BCUT2D eigenvalue weighted by atomic mass is 127. The Balaban J connectivity index is 3.71. The smallest absolute Gasteiger partial charge is 0.253 e. The minimum Gasteiger partial charge on any atom is -0.323 e. The summed E-state index contributed by atoms with van der Waals surface area (Å²) >= 11 is 20.3. The topological polar surface area (TPSA) is 63.2 Å². The molecule has 1 amide bonds. The van der Waals surface area contributed by atoms with E-state index in [2.05, 4.69) is 5.32 Å². The number of hydrogen-bond donors (Lipinski definition) is 1. The molecule has 108 valence electrons. The molecule has 0 aliphatic heterocycles. The summed E-state index contributed by atoms with van der Waals surface area (Å²) in [6.45, 7) is 1.57. The molecule has 0 saturated carbocycles. The number of rotatable bonds is 4. The average molecular weight is 560 g/mol. The Kier molecular flexibility index (Phi) is 6.97. The quantitative estimate of drug-likeness (QED) is 0.342. The number of anilines is 1. The van der Waals surface area contributed by atoms with Crippen LogP contribution in [0.25, 0.3) is 0 Å². The number of amides is 1. The maximum atomic E-state index is 11.5. The molecule has 1 N–H and O–H groups in total. The Morgan fingerprint density at radius 3 is 1.75 bits per heavy atom. The van der Waals surface area contributed by atoms with E-state index in [9.17, 15) is 14.4 Å². The van der Waals surface area contributed by atoms with Crippen molar-refractivity contribution in [1.82, 2.24) is 0 Å². The van der Waals surface area contributed by atoms with E-state index in [1.165, 1.54) is 0 Å². The fraction of sp³-hybridized carbons (Fsp3) is 0.182. The van der Waals surface area contributed by atoms with E-state index in [0.717, 1.165) is 0 Å². The van der Waals surface area contributed by atoms with Crippen LogP contribution < -0.4 is 5.32 Å². The van der Waals surface area contributed by atoms with Gasteiger partial charge in [0.05, 0.1) is 24.0 Å². The summed E-state index contributed by atoms with van der Waals surface area (Å²) < 4.78 is 0.870. The molecule has 1 aromatic carbocycles. The highest BCUT2D eigenvalue weighted by Gasteiger charge is 2.25. The highest BCUT2D eigenvalue weighted by molar-refractivity contribution is 14.1. The maximum absolute atomic E-state index is 11.5. The average Bonchev–Trinajstić information content (AvgIpc) is 2.33. The van der Waals surface area contributed by atoms with Crippen molar-refractivity contribution < 1.29 is 14.4 Å². The lowest BCUT2D eigenvalue weighted by Crippen LogP contribution is -2.18. The van der Waals surface area contributed by atoms with Crippen molar-refractivity contribution in [2.24, 2.45) is 0 Å². The van der Waals surface area contributed by atoms with Gasteiger partial charge in [-0.2, -0.15) is 0 Å². The van der Waals surface area contributed by atoms with Gasteiger partial charge in [-0.3, -0.25) is 14.4 Å². The Morgan fingerprint density at radius 2 is 1.45 bits per heavy atom. The molecule has 0 radical (unpaired) electrons. The van der Waals surface area contributed by atoms with Crippen LogP contribution in [-0.4, -0.2) is 22.3 Å². The van der Waals surface area contributed by atoms with Crippen LogP contribution in [0.1, 0.15) is 26.3 Å². The number of carbonyl (C=O) groups is 3. The van der Waals surface area contributed by atoms with E-state index in [1.807, 2.05) is 45.2 Å². The molecule has 0 saturated heterocycles. The SMILES string of the molecule is Cc1c(C(=O)Cl)c(I)c(NC(=O)CCl)c(I)c1C(=O)Cl. The van der Waals surface area contributed by atoms with Crippen molar-refractivity contribution in [3.63, 3.8) is 0 Å². The molecule has 0 aliphatic rings. The standard InChI is InChI=1S/C11H6Cl3I2NO3/c1-3-5(10(13)19)7(15)9(17-4(18)2-12)8(16)6(3)11(14)20/h2H2,1H3,(H,17,18). The first kappa shape index (κ1) is 18.4. The van der Waals surface area contributed by atoms with Crippen LogP contribution in [0.3, 0.4) is 0 Å². The van der Waals surface area contributed by atoms with Crippen LogP contribution in [0, 0.1) is 14.1 Å². The molecule has 4 nitrogen and oxygen atoms in total. The first-order valence-electron chi connectivity index (χ1n) is 4.99. The van der Waals surface area contributed by atoms with E-state index < -0.39 is 16.4 Å². The molecule has 0 fully saturated rings. The lowest BCUT2D eigenvalue weighted by atomic mass is 10.0. The molecule has 0 unspecified atom stereocenters. The molecule has 0 bridgehead atoms. The third-order valence-electron chi connectivity index (χ3n) is 2.41. The van der Waals surface area contributed by atoms with Gasteiger partial charge in [-0.1, -0.05) is 0 Å². The summed E-state index contributed by atoms with van der Waals surface area (Å²) in [5.41, 5.74) is 0.959. The first-order valence-corrected chi connectivity index (χ1v) is 8.44. The van der Waals surface area contributed by atoms with Gasteiger partial charge in [-0.15, -0.1) is 11.6 Å². The van der Waals surface area contributed by atoms with Crippen molar-refractivity contribution >= 4 is 102 Å². The number of carbonyl (C=O) groups excluding carboxylic acids is 3. The second kappa shape index (κ2) is 7.57. The minimum absolute atomic E-state index is 0.140. The number of hydrogen-bond acceptors (Lipinski definition) is 3. The fourth-order valence-electron chi connectivity index (χ4n) is 1.55. The third kappa shape index (κ3) is 3.76. The van der Waals surface area contributed by atoms with Crippen molar-refractivity contribution in [3.05, 3.63) is 23.8 Å². The summed E-state index contributed by atoms with van der Waals surface area (Å²) in [5, 5.41) is 1.07. The largest absolute Gasteiger partial charge is 0.323 e. The predicted molar refractivity (Wildman–Crippen MR) is 96.3 cm³/mol. The van der Waals surface area contributed by atoms with Crippen molar-refractivity contribution in [1.29, 1.82) is 0 Å². The molecule has 1 rings (SSSR count). The van der Waals surface area contributed by atoms with Crippen LogP contribution in [0.2, 0.25) is 0 Å². The van der Waals surface area contributed by atoms with Crippen molar-refractivity contribution in [2.45, 2.75) is 6.92 Å². The Bertz CT molecular complexity index is 578. The molecular formula is C11H6Cl3I2NO3.